The monoisotopic (exact) mass is 173 g/mol. The van der Waals surface area contributed by atoms with Crippen molar-refractivity contribution in [2.75, 3.05) is 20.1 Å². The molecule has 0 aromatic rings. The van der Waals surface area contributed by atoms with Gasteiger partial charge in [0.05, 0.1) is 11.5 Å². The number of hydrogen-bond acceptors (Lipinski definition) is 3. The summed E-state index contributed by atoms with van der Waals surface area (Å²) in [6.07, 6.45) is 0.553. The smallest absolute Gasteiger partial charge is 0.309 e. The van der Waals surface area contributed by atoms with Crippen LogP contribution in [0.5, 0.6) is 0 Å². The van der Waals surface area contributed by atoms with Gasteiger partial charge in [0.15, 0.2) is 0 Å². The van der Waals surface area contributed by atoms with Gasteiger partial charge in [0, 0.05) is 13.1 Å². The van der Waals surface area contributed by atoms with Crippen molar-refractivity contribution in [3.05, 3.63) is 0 Å². The number of rotatable bonds is 2. The molecule has 4 heteroatoms. The van der Waals surface area contributed by atoms with Crippen molar-refractivity contribution in [1.82, 2.24) is 4.90 Å². The first-order valence-electron chi connectivity index (χ1n) is 4.09. The molecule has 1 aliphatic rings. The van der Waals surface area contributed by atoms with Gasteiger partial charge in [-0.2, -0.15) is 0 Å². The molecular formula is C8H15NO3. The Balaban J connectivity index is 2.66. The number of likely N-dealkylation sites (tertiary alicyclic amines) is 1. The highest BCUT2D eigenvalue weighted by atomic mass is 16.4. The van der Waals surface area contributed by atoms with E-state index in [-0.39, 0.29) is 0 Å². The summed E-state index contributed by atoms with van der Waals surface area (Å²) in [4.78, 5) is 12.6. The lowest BCUT2D eigenvalue weighted by Gasteiger charge is -2.26. The Morgan fingerprint density at radius 3 is 2.58 bits per heavy atom. The molecule has 0 aliphatic carbocycles. The lowest BCUT2D eigenvalue weighted by molar-refractivity contribution is -0.149. The zero-order valence-electron chi connectivity index (χ0n) is 7.45. The molecule has 0 amide bonds. The molecule has 70 valence electrons. The van der Waals surface area contributed by atoms with E-state index in [0.29, 0.717) is 13.0 Å². The fourth-order valence-electron chi connectivity index (χ4n) is 1.59. The summed E-state index contributed by atoms with van der Waals surface area (Å²) in [7, 11) is 1.88. The first-order chi connectivity index (χ1) is 5.46. The standard InChI is InChI=1S/C8H15NO3/c1-6(7(10)11)8(12)3-4-9(2)5-8/h6,12H,3-5H2,1-2H3,(H,10,11). The molecule has 1 aliphatic heterocycles. The van der Waals surface area contributed by atoms with Crippen molar-refractivity contribution < 1.29 is 15.0 Å². The fraction of sp³-hybridized carbons (Fsp3) is 0.875. The molecular weight excluding hydrogens is 158 g/mol. The normalized spacial score (nSPS) is 33.6. The molecule has 1 saturated heterocycles. The van der Waals surface area contributed by atoms with Gasteiger partial charge in [-0.3, -0.25) is 4.79 Å². The van der Waals surface area contributed by atoms with E-state index in [1.807, 2.05) is 11.9 Å². The van der Waals surface area contributed by atoms with Gasteiger partial charge in [-0.15, -0.1) is 0 Å². The van der Waals surface area contributed by atoms with E-state index in [2.05, 4.69) is 0 Å². The molecule has 2 atom stereocenters. The molecule has 0 aromatic heterocycles. The summed E-state index contributed by atoms with van der Waals surface area (Å²) in [5, 5.41) is 18.6. The minimum absolute atomic E-state index is 0.459. The second-order valence-corrected chi connectivity index (χ2v) is 3.65. The molecule has 1 fully saturated rings. The van der Waals surface area contributed by atoms with Gasteiger partial charge in [0.2, 0.25) is 0 Å². The predicted octanol–water partition coefficient (Wildman–Crippen LogP) is -0.226. The van der Waals surface area contributed by atoms with E-state index in [4.69, 9.17) is 5.11 Å². The molecule has 0 bridgehead atoms. The van der Waals surface area contributed by atoms with E-state index in [0.717, 1.165) is 6.54 Å². The minimum Gasteiger partial charge on any atom is -0.481 e. The van der Waals surface area contributed by atoms with E-state index in [1.165, 1.54) is 0 Å². The zero-order valence-corrected chi connectivity index (χ0v) is 7.45. The van der Waals surface area contributed by atoms with Gasteiger partial charge in [-0.25, -0.2) is 0 Å². The summed E-state index contributed by atoms with van der Waals surface area (Å²) >= 11 is 0. The third-order valence-electron chi connectivity index (χ3n) is 2.65. The number of nitrogens with zero attached hydrogens (tertiary/aromatic N) is 1. The van der Waals surface area contributed by atoms with Gasteiger partial charge in [-0.05, 0) is 20.4 Å². The maximum atomic E-state index is 10.6. The molecule has 0 radical (unpaired) electrons. The van der Waals surface area contributed by atoms with E-state index in [1.54, 1.807) is 6.92 Å². The highest BCUT2D eigenvalue weighted by molar-refractivity contribution is 5.71. The number of hydrogen-bond donors (Lipinski definition) is 2. The van der Waals surface area contributed by atoms with E-state index in [9.17, 15) is 9.90 Å². The number of carbonyl (C=O) groups is 1. The zero-order chi connectivity index (χ0) is 9.35. The minimum atomic E-state index is -1.03. The SMILES string of the molecule is CC(C(=O)O)C1(O)CCN(C)C1. The molecule has 2 N–H and O–H groups in total. The van der Waals surface area contributed by atoms with Crippen LogP contribution in [0.2, 0.25) is 0 Å². The van der Waals surface area contributed by atoms with Gasteiger partial charge in [-0.1, -0.05) is 0 Å². The van der Waals surface area contributed by atoms with Gasteiger partial charge in [0.25, 0.3) is 0 Å². The largest absolute Gasteiger partial charge is 0.481 e. The van der Waals surface area contributed by atoms with Crippen molar-refractivity contribution in [3.8, 4) is 0 Å². The second kappa shape index (κ2) is 3.03. The van der Waals surface area contributed by atoms with Crippen LogP contribution >= 0.6 is 0 Å². The molecule has 0 saturated carbocycles. The third kappa shape index (κ3) is 1.59. The van der Waals surface area contributed by atoms with Crippen LogP contribution in [0.4, 0.5) is 0 Å². The molecule has 1 rings (SSSR count). The Morgan fingerprint density at radius 2 is 2.25 bits per heavy atom. The highest BCUT2D eigenvalue weighted by Gasteiger charge is 2.42. The topological polar surface area (TPSA) is 60.8 Å². The maximum Gasteiger partial charge on any atom is 0.309 e. The van der Waals surface area contributed by atoms with Gasteiger partial charge in [0.1, 0.15) is 0 Å². The van der Waals surface area contributed by atoms with Crippen molar-refractivity contribution in [1.29, 1.82) is 0 Å². The summed E-state index contributed by atoms with van der Waals surface area (Å²) in [6, 6.07) is 0. The molecule has 0 spiro atoms. The van der Waals surface area contributed by atoms with Crippen LogP contribution in [0, 0.1) is 5.92 Å². The van der Waals surface area contributed by atoms with Gasteiger partial charge < -0.3 is 15.1 Å². The van der Waals surface area contributed by atoms with Crippen molar-refractivity contribution in [3.63, 3.8) is 0 Å². The Labute approximate surface area is 71.8 Å². The first-order valence-corrected chi connectivity index (χ1v) is 4.09. The Bertz CT molecular complexity index is 195. The highest BCUT2D eigenvalue weighted by Crippen LogP contribution is 2.27. The fourth-order valence-corrected chi connectivity index (χ4v) is 1.59. The first kappa shape index (κ1) is 9.48. The Kier molecular flexibility index (Phi) is 2.39. The number of aliphatic carboxylic acids is 1. The van der Waals surface area contributed by atoms with Crippen LogP contribution in [0.3, 0.4) is 0 Å². The van der Waals surface area contributed by atoms with Crippen LogP contribution in [0.25, 0.3) is 0 Å². The van der Waals surface area contributed by atoms with Crippen LogP contribution < -0.4 is 0 Å². The molecule has 2 unspecified atom stereocenters. The summed E-state index contributed by atoms with van der Waals surface area (Å²) < 4.78 is 0. The summed E-state index contributed by atoms with van der Waals surface area (Å²) in [5.41, 5.74) is -1.03. The molecule has 12 heavy (non-hydrogen) atoms. The number of β-amino-alcohol motifs (C(OH)–C–C–N with tert-alkyl or cyclic N) is 1. The summed E-state index contributed by atoms with van der Waals surface area (Å²) in [5.74, 6) is -1.60. The lowest BCUT2D eigenvalue weighted by Crippen LogP contribution is -2.42. The quantitative estimate of drug-likeness (QED) is 0.605. The third-order valence-corrected chi connectivity index (χ3v) is 2.65. The average Bonchev–Trinajstić information content (AvgIpc) is 2.31. The number of aliphatic hydroxyl groups is 1. The molecule has 4 nitrogen and oxygen atoms in total. The van der Waals surface area contributed by atoms with E-state index >= 15 is 0 Å². The van der Waals surface area contributed by atoms with Crippen LogP contribution in [-0.4, -0.2) is 46.8 Å². The number of carboxylic acids is 1. The Morgan fingerprint density at radius 1 is 1.67 bits per heavy atom. The second-order valence-electron chi connectivity index (χ2n) is 3.65. The lowest BCUT2D eigenvalue weighted by atomic mass is 9.88. The van der Waals surface area contributed by atoms with Crippen LogP contribution in [0.15, 0.2) is 0 Å². The van der Waals surface area contributed by atoms with Crippen LogP contribution in [-0.2, 0) is 4.79 Å². The number of carboxylic acid groups (broad SMARTS) is 1. The maximum absolute atomic E-state index is 10.6. The van der Waals surface area contributed by atoms with Crippen molar-refractivity contribution in [2.24, 2.45) is 5.92 Å². The van der Waals surface area contributed by atoms with Crippen molar-refractivity contribution in [2.45, 2.75) is 18.9 Å². The van der Waals surface area contributed by atoms with Crippen molar-refractivity contribution >= 4 is 5.97 Å². The number of likely N-dealkylation sites (N-methyl/N-ethyl adjacent to an activating group) is 1. The summed E-state index contributed by atoms with van der Waals surface area (Å²) in [6.45, 7) is 2.79. The predicted molar refractivity (Wildman–Crippen MR) is 43.9 cm³/mol. The molecule has 1 heterocycles. The molecule has 0 aromatic carbocycles. The van der Waals surface area contributed by atoms with Gasteiger partial charge >= 0.3 is 5.97 Å². The average molecular weight is 173 g/mol. The van der Waals surface area contributed by atoms with Crippen LogP contribution in [0.1, 0.15) is 13.3 Å². The van der Waals surface area contributed by atoms with E-state index < -0.39 is 17.5 Å². The Hall–Kier alpha value is -0.610.